The molecule has 0 amide bonds. The van der Waals surface area contributed by atoms with E-state index in [4.69, 9.17) is 17.3 Å². The molecule has 0 aromatic carbocycles. The maximum atomic E-state index is 10.2. The summed E-state index contributed by atoms with van der Waals surface area (Å²) < 4.78 is 0. The quantitative estimate of drug-likeness (QED) is 0.510. The Balaban J connectivity index is 2.48. The van der Waals surface area contributed by atoms with E-state index in [2.05, 4.69) is 5.32 Å². The number of carbonyl (C=O) groups is 1. The summed E-state index contributed by atoms with van der Waals surface area (Å²) in [5.41, 5.74) is 0. The molecule has 1 atom stereocenters. The second kappa shape index (κ2) is 2.31. The highest BCUT2D eigenvalue weighted by Gasteiger charge is 2.24. The summed E-state index contributed by atoms with van der Waals surface area (Å²) in [6, 6.07) is 0. The van der Waals surface area contributed by atoms with Gasteiger partial charge in [-0.05, 0) is 0 Å². The number of carboxylic acid groups (broad SMARTS) is 1. The zero-order chi connectivity index (χ0) is 6.85. The van der Waals surface area contributed by atoms with Crippen LogP contribution in [0.3, 0.4) is 0 Å². The van der Waals surface area contributed by atoms with Gasteiger partial charge in [-0.15, -0.1) is 0 Å². The average molecular weight is 145 g/mol. The van der Waals surface area contributed by atoms with E-state index in [0.717, 1.165) is 0 Å². The smallest absolute Gasteiger partial charge is 0.308 e. The van der Waals surface area contributed by atoms with Crippen LogP contribution in [0.2, 0.25) is 0 Å². The Bertz CT molecular complexity index is 157. The van der Waals surface area contributed by atoms with Gasteiger partial charge in [0.1, 0.15) is 0 Å². The lowest BCUT2D eigenvalue weighted by atomic mass is 10.1. The van der Waals surface area contributed by atoms with Gasteiger partial charge >= 0.3 is 5.97 Å². The Morgan fingerprint density at radius 2 is 2.56 bits per heavy atom. The molecular formula is C5H7NO2S. The molecule has 1 aliphatic rings. The Labute approximate surface area is 58.1 Å². The molecule has 3 nitrogen and oxygen atoms in total. The first-order valence-corrected chi connectivity index (χ1v) is 3.10. The first-order chi connectivity index (χ1) is 4.20. The van der Waals surface area contributed by atoms with Crippen molar-refractivity contribution < 1.29 is 9.90 Å². The largest absolute Gasteiger partial charge is 0.481 e. The SMILES string of the molecule is O=C(O)C1CNC(=S)C1. The van der Waals surface area contributed by atoms with Gasteiger partial charge in [0.2, 0.25) is 0 Å². The highest BCUT2D eigenvalue weighted by Crippen LogP contribution is 2.08. The van der Waals surface area contributed by atoms with Gasteiger partial charge in [-0.2, -0.15) is 0 Å². The van der Waals surface area contributed by atoms with Gasteiger partial charge in [0.05, 0.1) is 10.9 Å². The molecule has 1 fully saturated rings. The number of rotatable bonds is 1. The Morgan fingerprint density at radius 3 is 2.78 bits per heavy atom. The molecule has 2 N–H and O–H groups in total. The zero-order valence-electron chi connectivity index (χ0n) is 4.76. The summed E-state index contributed by atoms with van der Waals surface area (Å²) in [6.45, 7) is 0.494. The molecule has 0 bridgehead atoms. The van der Waals surface area contributed by atoms with Crippen LogP contribution in [-0.2, 0) is 4.79 Å². The van der Waals surface area contributed by atoms with Gasteiger partial charge in [-0.25, -0.2) is 0 Å². The van der Waals surface area contributed by atoms with E-state index >= 15 is 0 Å². The first-order valence-electron chi connectivity index (χ1n) is 2.69. The molecule has 9 heavy (non-hydrogen) atoms. The molecule has 0 aromatic heterocycles. The van der Waals surface area contributed by atoms with Crippen LogP contribution in [0.1, 0.15) is 6.42 Å². The average Bonchev–Trinajstić information content (AvgIpc) is 2.14. The van der Waals surface area contributed by atoms with E-state index in [1.807, 2.05) is 0 Å². The maximum absolute atomic E-state index is 10.2. The van der Waals surface area contributed by atoms with Crippen LogP contribution in [-0.4, -0.2) is 22.6 Å². The Hall–Kier alpha value is -0.640. The minimum absolute atomic E-state index is 0.294. The predicted molar refractivity (Wildman–Crippen MR) is 36.3 cm³/mol. The standard InChI is InChI=1S/C5H7NO2S/c7-5(8)3-1-4(9)6-2-3/h3H,1-2H2,(H,6,9)(H,7,8). The second-order valence-corrected chi connectivity index (χ2v) is 2.54. The topological polar surface area (TPSA) is 49.3 Å². The minimum Gasteiger partial charge on any atom is -0.481 e. The van der Waals surface area contributed by atoms with Crippen molar-refractivity contribution in [3.05, 3.63) is 0 Å². The van der Waals surface area contributed by atoms with Gasteiger partial charge < -0.3 is 10.4 Å². The van der Waals surface area contributed by atoms with Crippen LogP contribution >= 0.6 is 12.2 Å². The van der Waals surface area contributed by atoms with Crippen molar-refractivity contribution >= 4 is 23.2 Å². The summed E-state index contributed by atoms with van der Waals surface area (Å²) in [5, 5.41) is 11.2. The van der Waals surface area contributed by atoms with E-state index in [-0.39, 0.29) is 5.92 Å². The van der Waals surface area contributed by atoms with Crippen molar-refractivity contribution in [2.24, 2.45) is 5.92 Å². The van der Waals surface area contributed by atoms with Crippen molar-refractivity contribution in [1.82, 2.24) is 5.32 Å². The van der Waals surface area contributed by atoms with Gasteiger partial charge in [0.25, 0.3) is 0 Å². The molecule has 50 valence electrons. The monoisotopic (exact) mass is 145 g/mol. The van der Waals surface area contributed by atoms with Crippen LogP contribution in [0.4, 0.5) is 0 Å². The highest BCUT2D eigenvalue weighted by molar-refractivity contribution is 7.80. The summed E-state index contributed by atoms with van der Waals surface area (Å²) in [5.74, 6) is -1.06. The molecule has 1 heterocycles. The molecule has 0 aliphatic carbocycles. The fourth-order valence-corrected chi connectivity index (χ4v) is 1.06. The van der Waals surface area contributed by atoms with Crippen LogP contribution in [0.5, 0.6) is 0 Å². The lowest BCUT2D eigenvalue weighted by Gasteiger charge is -1.95. The van der Waals surface area contributed by atoms with Gasteiger partial charge in [-0.1, -0.05) is 12.2 Å². The zero-order valence-corrected chi connectivity index (χ0v) is 5.57. The molecule has 0 spiro atoms. The Kier molecular flexibility index (Phi) is 1.66. The number of thiocarbonyl (C=S) groups is 1. The van der Waals surface area contributed by atoms with Gasteiger partial charge in [-0.3, -0.25) is 4.79 Å². The van der Waals surface area contributed by atoms with Crippen molar-refractivity contribution in [1.29, 1.82) is 0 Å². The minimum atomic E-state index is -0.762. The molecule has 1 rings (SSSR count). The lowest BCUT2D eigenvalue weighted by Crippen LogP contribution is -2.17. The third-order valence-corrected chi connectivity index (χ3v) is 1.64. The fraction of sp³-hybridized carbons (Fsp3) is 0.600. The summed E-state index contributed by atoms with van der Waals surface area (Å²) >= 11 is 4.74. The molecule has 4 heteroatoms. The molecule has 0 aromatic rings. The number of hydrogen-bond donors (Lipinski definition) is 2. The normalized spacial score (nSPS) is 25.8. The fourth-order valence-electron chi connectivity index (χ4n) is 0.780. The summed E-state index contributed by atoms with van der Waals surface area (Å²) in [7, 11) is 0. The molecule has 1 aliphatic heterocycles. The van der Waals surface area contributed by atoms with Crippen molar-refractivity contribution in [2.45, 2.75) is 6.42 Å². The predicted octanol–water partition coefficient (Wildman–Crippen LogP) is 0.00790. The molecule has 0 radical (unpaired) electrons. The number of aliphatic carboxylic acids is 1. The van der Waals surface area contributed by atoms with Gasteiger partial charge in [0, 0.05) is 13.0 Å². The summed E-state index contributed by atoms with van der Waals surface area (Å²) in [6.07, 6.45) is 0.505. The van der Waals surface area contributed by atoms with Crippen molar-refractivity contribution in [2.75, 3.05) is 6.54 Å². The third kappa shape index (κ3) is 1.38. The second-order valence-electron chi connectivity index (χ2n) is 2.04. The highest BCUT2D eigenvalue weighted by atomic mass is 32.1. The number of nitrogens with one attached hydrogen (secondary N) is 1. The van der Waals surface area contributed by atoms with Crippen LogP contribution < -0.4 is 5.32 Å². The lowest BCUT2D eigenvalue weighted by molar-refractivity contribution is -0.140. The summed E-state index contributed by atoms with van der Waals surface area (Å²) in [4.78, 5) is 10.9. The third-order valence-electron chi connectivity index (χ3n) is 1.33. The molecule has 1 unspecified atom stereocenters. The maximum Gasteiger partial charge on any atom is 0.308 e. The van der Waals surface area contributed by atoms with Gasteiger partial charge in [0.15, 0.2) is 0 Å². The number of carboxylic acids is 1. The van der Waals surface area contributed by atoms with Crippen molar-refractivity contribution in [3.8, 4) is 0 Å². The van der Waals surface area contributed by atoms with E-state index < -0.39 is 5.97 Å². The number of hydrogen-bond acceptors (Lipinski definition) is 2. The van der Waals surface area contributed by atoms with E-state index in [9.17, 15) is 4.79 Å². The molecule has 0 saturated carbocycles. The van der Waals surface area contributed by atoms with Crippen molar-refractivity contribution in [3.63, 3.8) is 0 Å². The molecular weight excluding hydrogens is 138 g/mol. The van der Waals surface area contributed by atoms with Crippen LogP contribution in [0.15, 0.2) is 0 Å². The van der Waals surface area contributed by atoms with E-state index in [1.54, 1.807) is 0 Å². The van der Waals surface area contributed by atoms with Crippen LogP contribution in [0, 0.1) is 5.92 Å². The van der Waals surface area contributed by atoms with Crippen LogP contribution in [0.25, 0.3) is 0 Å². The molecule has 1 saturated heterocycles. The Morgan fingerprint density at radius 1 is 1.89 bits per heavy atom. The van der Waals surface area contributed by atoms with E-state index in [0.29, 0.717) is 18.0 Å². The first kappa shape index (κ1) is 6.48. The van der Waals surface area contributed by atoms with E-state index in [1.165, 1.54) is 0 Å².